The summed E-state index contributed by atoms with van der Waals surface area (Å²) < 4.78 is 0. The van der Waals surface area contributed by atoms with E-state index in [1.165, 1.54) is 51.4 Å². The minimum Gasteiger partial charge on any atom is -0.393 e. The van der Waals surface area contributed by atoms with Gasteiger partial charge >= 0.3 is 0 Å². The van der Waals surface area contributed by atoms with E-state index in [2.05, 4.69) is 13.8 Å². The quantitative estimate of drug-likeness (QED) is 0.770. The van der Waals surface area contributed by atoms with Crippen molar-refractivity contribution in [3.63, 3.8) is 0 Å². The van der Waals surface area contributed by atoms with Crippen LogP contribution in [0.4, 0.5) is 0 Å². The molecule has 3 N–H and O–H groups in total. The van der Waals surface area contributed by atoms with Crippen molar-refractivity contribution in [3.05, 3.63) is 0 Å². The Morgan fingerprint density at radius 1 is 1.07 bits per heavy atom. The van der Waals surface area contributed by atoms with Crippen LogP contribution in [0.3, 0.4) is 0 Å². The van der Waals surface area contributed by atoms with E-state index in [0.717, 1.165) is 30.1 Å². The Morgan fingerprint density at radius 3 is 2.43 bits per heavy atom. The molecule has 0 heterocycles. The first-order valence-electron chi connectivity index (χ1n) is 11.9. The molecule has 0 aliphatic heterocycles. The van der Waals surface area contributed by atoms with Gasteiger partial charge in [0.05, 0.1) is 12.6 Å². The van der Waals surface area contributed by atoms with E-state index in [0.29, 0.717) is 22.8 Å². The molecule has 0 saturated heterocycles. The average molecular weight is 391 g/mol. The number of carbonyl (C=O) groups is 1. The number of nitrogens with two attached hydrogens (primary N) is 1. The highest BCUT2D eigenvalue weighted by atomic mass is 16.3. The minimum atomic E-state index is -0.162. The summed E-state index contributed by atoms with van der Waals surface area (Å²) >= 11 is 0. The van der Waals surface area contributed by atoms with E-state index >= 15 is 0 Å². The van der Waals surface area contributed by atoms with Gasteiger partial charge in [-0.25, -0.2) is 0 Å². The number of aliphatic hydroxyl groups excluding tert-OH is 1. The first kappa shape index (κ1) is 20.7. The number of fused-ring (bicyclic) bond motifs is 5. The molecular weight excluding hydrogens is 348 g/mol. The zero-order valence-corrected chi connectivity index (χ0v) is 18.5. The highest BCUT2D eigenvalue weighted by Gasteiger charge is 2.60. The minimum absolute atomic E-state index is 0.0887. The zero-order chi connectivity index (χ0) is 20.3. The maximum atomic E-state index is 12.1. The van der Waals surface area contributed by atoms with Gasteiger partial charge in [-0.1, -0.05) is 13.8 Å². The Balaban J connectivity index is 1.51. The molecule has 0 bridgehead atoms. The molecule has 0 spiro atoms. The molecule has 4 nitrogen and oxygen atoms in total. The van der Waals surface area contributed by atoms with Crippen molar-refractivity contribution in [2.24, 2.45) is 46.2 Å². The van der Waals surface area contributed by atoms with Crippen LogP contribution in [0.1, 0.15) is 78.6 Å². The molecule has 0 aromatic carbocycles. The second kappa shape index (κ2) is 7.27. The van der Waals surface area contributed by atoms with Crippen LogP contribution in [-0.2, 0) is 4.79 Å². The average Bonchev–Trinajstić information content (AvgIpc) is 3.03. The maximum absolute atomic E-state index is 12.1. The molecule has 4 heteroatoms. The van der Waals surface area contributed by atoms with Crippen LogP contribution >= 0.6 is 0 Å². The van der Waals surface area contributed by atoms with Gasteiger partial charge in [0, 0.05) is 13.1 Å². The lowest BCUT2D eigenvalue weighted by Crippen LogP contribution is -2.56. The van der Waals surface area contributed by atoms with Crippen molar-refractivity contribution >= 4 is 5.91 Å². The van der Waals surface area contributed by atoms with Crippen molar-refractivity contribution in [1.82, 2.24) is 4.90 Å². The molecule has 4 saturated carbocycles. The lowest BCUT2D eigenvalue weighted by Gasteiger charge is -2.61. The number of hydrogen-bond donors (Lipinski definition) is 2. The monoisotopic (exact) mass is 390 g/mol. The van der Waals surface area contributed by atoms with Crippen LogP contribution in [0.5, 0.6) is 0 Å². The summed E-state index contributed by atoms with van der Waals surface area (Å²) in [5.74, 6) is 3.83. The van der Waals surface area contributed by atoms with E-state index < -0.39 is 0 Å². The molecule has 0 aromatic rings. The number of likely N-dealkylation sites (N-methyl/N-ethyl adjacent to an activating group) is 1. The van der Waals surface area contributed by atoms with Crippen molar-refractivity contribution < 1.29 is 9.90 Å². The van der Waals surface area contributed by atoms with Gasteiger partial charge in [-0.3, -0.25) is 4.79 Å². The van der Waals surface area contributed by atoms with E-state index in [-0.39, 0.29) is 18.6 Å². The van der Waals surface area contributed by atoms with Crippen LogP contribution in [0, 0.1) is 40.4 Å². The van der Waals surface area contributed by atoms with Gasteiger partial charge in [0.1, 0.15) is 0 Å². The fourth-order valence-corrected chi connectivity index (χ4v) is 8.77. The normalized spacial score (nSPS) is 48.9. The first-order valence-corrected chi connectivity index (χ1v) is 11.9. The Labute approximate surface area is 171 Å². The molecule has 4 fully saturated rings. The summed E-state index contributed by atoms with van der Waals surface area (Å²) in [6.07, 6.45) is 11.3. The molecule has 4 aliphatic rings. The molecule has 0 unspecified atom stereocenters. The fraction of sp³-hybridized carbons (Fsp3) is 0.958. The number of carbonyl (C=O) groups excluding carboxylic acids is 1. The van der Waals surface area contributed by atoms with Crippen LogP contribution in [0.15, 0.2) is 0 Å². The molecule has 4 rings (SSSR count). The summed E-state index contributed by atoms with van der Waals surface area (Å²) in [5.41, 5.74) is 6.40. The van der Waals surface area contributed by atoms with Gasteiger partial charge < -0.3 is 15.7 Å². The van der Waals surface area contributed by atoms with Crippen LogP contribution in [0.25, 0.3) is 0 Å². The molecule has 4 aliphatic carbocycles. The molecule has 0 radical (unpaired) electrons. The van der Waals surface area contributed by atoms with E-state index in [9.17, 15) is 9.90 Å². The van der Waals surface area contributed by atoms with Gasteiger partial charge in [0.2, 0.25) is 5.91 Å². The SMILES string of the molecule is C[C@H](O)[C@H]1CC[C@H]2[C@@H]3CC[C@H]4C[C@H](N(C)C(=O)CN)CC[C@]4(C)[C@H]3CC[C@]12C. The van der Waals surface area contributed by atoms with E-state index in [1.54, 1.807) is 0 Å². The van der Waals surface area contributed by atoms with Gasteiger partial charge in [-0.2, -0.15) is 0 Å². The highest BCUT2D eigenvalue weighted by Crippen LogP contribution is 2.67. The molecule has 9 atom stereocenters. The van der Waals surface area contributed by atoms with Crippen molar-refractivity contribution in [2.75, 3.05) is 13.6 Å². The number of hydrogen-bond acceptors (Lipinski definition) is 3. The number of aliphatic hydroxyl groups is 1. The Bertz CT molecular complexity index is 607. The Kier molecular flexibility index (Phi) is 5.36. The highest BCUT2D eigenvalue weighted by molar-refractivity contribution is 5.78. The van der Waals surface area contributed by atoms with Crippen molar-refractivity contribution in [1.29, 1.82) is 0 Å². The third kappa shape index (κ3) is 2.96. The third-order valence-electron chi connectivity index (χ3n) is 10.4. The Morgan fingerprint density at radius 2 is 1.75 bits per heavy atom. The summed E-state index contributed by atoms with van der Waals surface area (Å²) in [4.78, 5) is 14.0. The number of rotatable bonds is 3. The van der Waals surface area contributed by atoms with Crippen molar-refractivity contribution in [2.45, 2.75) is 90.7 Å². The summed E-state index contributed by atoms with van der Waals surface area (Å²) in [6, 6.07) is 0.380. The second-order valence-corrected chi connectivity index (χ2v) is 11.3. The predicted octanol–water partition coefficient (Wildman–Crippen LogP) is 3.81. The fourth-order valence-electron chi connectivity index (χ4n) is 8.77. The first-order chi connectivity index (χ1) is 13.2. The van der Waals surface area contributed by atoms with Gasteiger partial charge in [0.15, 0.2) is 0 Å². The van der Waals surface area contributed by atoms with Crippen LogP contribution in [-0.4, -0.2) is 41.7 Å². The van der Waals surface area contributed by atoms with Crippen LogP contribution in [0.2, 0.25) is 0 Å². The molecule has 160 valence electrons. The van der Waals surface area contributed by atoms with Crippen LogP contribution < -0.4 is 5.73 Å². The van der Waals surface area contributed by atoms with Gasteiger partial charge in [0.25, 0.3) is 0 Å². The lowest BCUT2D eigenvalue weighted by molar-refractivity contribution is -0.141. The molecule has 1 amide bonds. The van der Waals surface area contributed by atoms with Crippen molar-refractivity contribution in [3.8, 4) is 0 Å². The summed E-state index contributed by atoms with van der Waals surface area (Å²) in [5, 5.41) is 10.4. The predicted molar refractivity (Wildman–Crippen MR) is 113 cm³/mol. The lowest BCUT2D eigenvalue weighted by atomic mass is 9.44. The summed E-state index contributed by atoms with van der Waals surface area (Å²) in [7, 11) is 1.95. The number of amides is 1. The molecule has 28 heavy (non-hydrogen) atoms. The molecular formula is C24H42N2O2. The maximum Gasteiger partial charge on any atom is 0.236 e. The molecule has 0 aromatic heterocycles. The van der Waals surface area contributed by atoms with E-state index in [4.69, 9.17) is 5.73 Å². The smallest absolute Gasteiger partial charge is 0.236 e. The second-order valence-electron chi connectivity index (χ2n) is 11.3. The third-order valence-corrected chi connectivity index (χ3v) is 10.4. The summed E-state index contributed by atoms with van der Waals surface area (Å²) in [6.45, 7) is 7.23. The Hall–Kier alpha value is -0.610. The zero-order valence-electron chi connectivity index (χ0n) is 18.5. The number of nitrogens with zero attached hydrogens (tertiary/aromatic N) is 1. The topological polar surface area (TPSA) is 66.6 Å². The largest absolute Gasteiger partial charge is 0.393 e. The standard InChI is InChI=1S/C24H42N2O2/c1-15(27)19-7-8-20-18-6-5-16-13-17(26(4)22(28)14-25)9-11-23(16,2)21(18)10-12-24(19,20)3/h15-21,27H,5-14,25H2,1-4H3/t15-,16-,17+,18-,19+,20-,21-,23-,24+/m0/s1. The van der Waals surface area contributed by atoms with Gasteiger partial charge in [-0.05, 0) is 105 Å². The van der Waals surface area contributed by atoms with Gasteiger partial charge in [-0.15, -0.1) is 0 Å². The van der Waals surface area contributed by atoms with E-state index in [1.807, 2.05) is 18.9 Å².